The Morgan fingerprint density at radius 3 is 2.62 bits per heavy atom. The Balaban J connectivity index is 1.72. The van der Waals surface area contributed by atoms with Gasteiger partial charge in [0.25, 0.3) is 5.56 Å². The molecule has 0 radical (unpaired) electrons. The second-order valence-electron chi connectivity index (χ2n) is 5.97. The molecule has 24 heavy (non-hydrogen) atoms. The zero-order valence-electron chi connectivity index (χ0n) is 13.4. The molecular formula is C18H19FN2O3. The number of ether oxygens (including phenoxy) is 1. The number of nitrogens with one attached hydrogen (secondary N) is 1. The highest BCUT2D eigenvalue weighted by Gasteiger charge is 2.33. The lowest BCUT2D eigenvalue weighted by atomic mass is 10.0. The SMILES string of the molecule is COc1ccc([C@@H](NC(=O)Cn2cc(F)ccc2=O)C2CC2)cc1. The maximum Gasteiger partial charge on any atom is 0.251 e. The molecule has 126 valence electrons. The Morgan fingerprint density at radius 1 is 1.29 bits per heavy atom. The predicted molar refractivity (Wildman–Crippen MR) is 87.3 cm³/mol. The Morgan fingerprint density at radius 2 is 2.00 bits per heavy atom. The van der Waals surface area contributed by atoms with Gasteiger partial charge in [-0.15, -0.1) is 0 Å². The van der Waals surface area contributed by atoms with Crippen LogP contribution in [0.1, 0.15) is 24.4 Å². The number of hydrogen-bond acceptors (Lipinski definition) is 3. The van der Waals surface area contributed by atoms with Gasteiger partial charge in [0.2, 0.25) is 5.91 Å². The van der Waals surface area contributed by atoms with Crippen LogP contribution in [0.4, 0.5) is 4.39 Å². The first-order chi connectivity index (χ1) is 11.6. The molecule has 1 aliphatic carbocycles. The lowest BCUT2D eigenvalue weighted by Crippen LogP contribution is -2.35. The number of carbonyl (C=O) groups excluding carboxylic acids is 1. The van der Waals surface area contributed by atoms with Crippen LogP contribution < -0.4 is 15.6 Å². The first-order valence-corrected chi connectivity index (χ1v) is 7.86. The first-order valence-electron chi connectivity index (χ1n) is 7.86. The third-order valence-electron chi connectivity index (χ3n) is 4.15. The van der Waals surface area contributed by atoms with Crippen molar-refractivity contribution in [3.05, 3.63) is 64.3 Å². The van der Waals surface area contributed by atoms with E-state index in [4.69, 9.17) is 4.74 Å². The molecule has 1 N–H and O–H groups in total. The molecule has 1 amide bonds. The summed E-state index contributed by atoms with van der Waals surface area (Å²) < 4.78 is 19.5. The maximum atomic E-state index is 13.2. The van der Waals surface area contributed by atoms with Crippen LogP contribution in [0.25, 0.3) is 0 Å². The van der Waals surface area contributed by atoms with Gasteiger partial charge in [-0.05, 0) is 42.5 Å². The minimum absolute atomic E-state index is 0.104. The summed E-state index contributed by atoms with van der Waals surface area (Å²) in [5, 5.41) is 2.97. The van der Waals surface area contributed by atoms with Crippen LogP contribution in [-0.4, -0.2) is 17.6 Å². The molecule has 6 heteroatoms. The van der Waals surface area contributed by atoms with Crippen molar-refractivity contribution in [1.82, 2.24) is 9.88 Å². The topological polar surface area (TPSA) is 60.3 Å². The second kappa shape index (κ2) is 6.86. The fourth-order valence-electron chi connectivity index (χ4n) is 2.71. The summed E-state index contributed by atoms with van der Waals surface area (Å²) in [6, 6.07) is 9.66. The summed E-state index contributed by atoms with van der Waals surface area (Å²) in [5.41, 5.74) is 0.595. The van der Waals surface area contributed by atoms with Crippen molar-refractivity contribution in [2.24, 2.45) is 5.92 Å². The van der Waals surface area contributed by atoms with Crippen molar-refractivity contribution < 1.29 is 13.9 Å². The normalized spacial score (nSPS) is 14.9. The van der Waals surface area contributed by atoms with Crippen LogP contribution in [0.3, 0.4) is 0 Å². The van der Waals surface area contributed by atoms with Crippen LogP contribution >= 0.6 is 0 Å². The number of aromatic nitrogens is 1. The zero-order valence-corrected chi connectivity index (χ0v) is 13.4. The average molecular weight is 330 g/mol. The molecule has 3 rings (SSSR count). The smallest absolute Gasteiger partial charge is 0.251 e. The molecule has 1 aliphatic rings. The van der Waals surface area contributed by atoms with Gasteiger partial charge in [0, 0.05) is 12.3 Å². The number of amides is 1. The van der Waals surface area contributed by atoms with Crippen LogP contribution in [0, 0.1) is 11.7 Å². The van der Waals surface area contributed by atoms with E-state index in [0.717, 1.165) is 47.1 Å². The number of rotatable bonds is 6. The molecule has 2 aromatic rings. The monoisotopic (exact) mass is 330 g/mol. The van der Waals surface area contributed by atoms with Crippen LogP contribution in [-0.2, 0) is 11.3 Å². The van der Waals surface area contributed by atoms with Crippen molar-refractivity contribution in [2.75, 3.05) is 7.11 Å². The highest BCUT2D eigenvalue weighted by Crippen LogP contribution is 2.41. The van der Waals surface area contributed by atoms with Crippen LogP contribution in [0.5, 0.6) is 5.75 Å². The summed E-state index contributed by atoms with van der Waals surface area (Å²) in [6.45, 7) is -0.198. The van der Waals surface area contributed by atoms with Crippen molar-refractivity contribution in [3.63, 3.8) is 0 Å². The standard InChI is InChI=1S/C18H19FN2O3/c1-24-15-7-4-13(5-8-15)18(12-2-3-12)20-16(22)11-21-10-14(19)6-9-17(21)23/h4-10,12,18H,2-3,11H2,1H3,(H,20,22)/t18-/m0/s1. The molecule has 1 heterocycles. The van der Waals surface area contributed by atoms with Crippen molar-refractivity contribution in [1.29, 1.82) is 0 Å². The van der Waals surface area contributed by atoms with Gasteiger partial charge in [0.1, 0.15) is 18.1 Å². The van der Waals surface area contributed by atoms with E-state index >= 15 is 0 Å². The molecule has 0 aliphatic heterocycles. The van der Waals surface area contributed by atoms with Gasteiger partial charge in [-0.25, -0.2) is 4.39 Å². The van der Waals surface area contributed by atoms with Gasteiger partial charge in [-0.1, -0.05) is 12.1 Å². The largest absolute Gasteiger partial charge is 0.497 e. The van der Waals surface area contributed by atoms with Crippen molar-refractivity contribution in [3.8, 4) is 5.75 Å². The fourth-order valence-corrected chi connectivity index (χ4v) is 2.71. The summed E-state index contributed by atoms with van der Waals surface area (Å²) in [7, 11) is 1.60. The lowest BCUT2D eigenvalue weighted by Gasteiger charge is -2.19. The summed E-state index contributed by atoms with van der Waals surface area (Å²) in [5.74, 6) is 0.296. The quantitative estimate of drug-likeness (QED) is 0.884. The van der Waals surface area contributed by atoms with Gasteiger partial charge in [-0.2, -0.15) is 0 Å². The molecule has 1 aromatic carbocycles. The minimum atomic E-state index is -0.545. The van der Waals surface area contributed by atoms with E-state index in [9.17, 15) is 14.0 Å². The van der Waals surface area contributed by atoms with E-state index in [1.165, 1.54) is 0 Å². The van der Waals surface area contributed by atoms with Crippen LogP contribution in [0.2, 0.25) is 0 Å². The molecule has 0 unspecified atom stereocenters. The van der Waals surface area contributed by atoms with E-state index in [-0.39, 0.29) is 18.5 Å². The Labute approximate surface area is 139 Å². The van der Waals surface area contributed by atoms with E-state index in [1.54, 1.807) is 7.11 Å². The third-order valence-corrected chi connectivity index (χ3v) is 4.15. The average Bonchev–Trinajstić information content (AvgIpc) is 3.41. The Hall–Kier alpha value is -2.63. The number of pyridine rings is 1. The molecule has 0 bridgehead atoms. The fraction of sp³-hybridized carbons (Fsp3) is 0.333. The highest BCUT2D eigenvalue weighted by atomic mass is 19.1. The van der Waals surface area contributed by atoms with Gasteiger partial charge in [0.15, 0.2) is 0 Å². The van der Waals surface area contributed by atoms with Crippen molar-refractivity contribution >= 4 is 5.91 Å². The number of nitrogens with zero attached hydrogens (tertiary/aromatic N) is 1. The maximum absolute atomic E-state index is 13.2. The molecule has 1 fully saturated rings. The molecule has 5 nitrogen and oxygen atoms in total. The number of halogens is 1. The molecule has 1 atom stereocenters. The number of carbonyl (C=O) groups is 1. The van der Waals surface area contributed by atoms with Crippen LogP contribution in [0.15, 0.2) is 47.4 Å². The summed E-state index contributed by atoms with van der Waals surface area (Å²) in [4.78, 5) is 24.0. The predicted octanol–water partition coefficient (Wildman–Crippen LogP) is 2.26. The Bertz CT molecular complexity index is 782. The number of benzene rings is 1. The number of methoxy groups -OCH3 is 1. The van der Waals surface area contributed by atoms with Gasteiger partial charge >= 0.3 is 0 Å². The van der Waals surface area contributed by atoms with Gasteiger partial charge in [-0.3, -0.25) is 9.59 Å². The summed E-state index contributed by atoms with van der Waals surface area (Å²) in [6.07, 6.45) is 3.15. The molecule has 1 aromatic heterocycles. The molecule has 0 spiro atoms. The lowest BCUT2D eigenvalue weighted by molar-refractivity contribution is -0.122. The molecular weight excluding hydrogens is 311 g/mol. The van der Waals surface area contributed by atoms with Gasteiger partial charge < -0.3 is 14.6 Å². The van der Waals surface area contributed by atoms with E-state index in [0.29, 0.717) is 5.92 Å². The Kier molecular flexibility index (Phi) is 4.64. The molecule has 0 saturated heterocycles. The van der Waals surface area contributed by atoms with Gasteiger partial charge in [0.05, 0.1) is 13.2 Å². The zero-order chi connectivity index (χ0) is 17.1. The van der Waals surface area contributed by atoms with E-state index < -0.39 is 11.4 Å². The molecule has 1 saturated carbocycles. The van der Waals surface area contributed by atoms with E-state index in [2.05, 4.69) is 5.32 Å². The first kappa shape index (κ1) is 16.2. The summed E-state index contributed by atoms with van der Waals surface area (Å²) >= 11 is 0. The second-order valence-corrected chi connectivity index (χ2v) is 5.97. The van der Waals surface area contributed by atoms with Crippen molar-refractivity contribution in [2.45, 2.75) is 25.4 Å². The minimum Gasteiger partial charge on any atom is -0.497 e. The third kappa shape index (κ3) is 3.82. The number of hydrogen-bond donors (Lipinski definition) is 1. The highest BCUT2D eigenvalue weighted by molar-refractivity contribution is 5.76. The van der Waals surface area contributed by atoms with E-state index in [1.807, 2.05) is 24.3 Å².